The van der Waals surface area contributed by atoms with Crippen molar-refractivity contribution < 1.29 is 0 Å². The average Bonchev–Trinajstić information content (AvgIpc) is 2.18. The summed E-state index contributed by atoms with van der Waals surface area (Å²) in [6.07, 6.45) is 6.80. The van der Waals surface area contributed by atoms with Crippen molar-refractivity contribution in [1.29, 1.82) is 0 Å². The molecule has 0 saturated heterocycles. The molecule has 0 aliphatic carbocycles. The number of hydrogen-bond donors (Lipinski definition) is 1. The third kappa shape index (κ3) is 8.89. The summed E-state index contributed by atoms with van der Waals surface area (Å²) in [6, 6.07) is 0.775. The molecule has 0 aliphatic heterocycles. The second-order valence-electron chi connectivity index (χ2n) is 3.74. The molecule has 14 heavy (non-hydrogen) atoms. The molecule has 86 valence electrons. The molecular formula is C12H27NS. The standard InChI is InChI=1S/C12H27NS/c1-4-9-12(13-5-2)10-7-8-11-14-6-3/h12-13H,4-11H2,1-3H3. The SMILES string of the molecule is CCCC(CCCCSCC)NCC. The fourth-order valence-corrected chi connectivity index (χ4v) is 2.42. The quantitative estimate of drug-likeness (QED) is 0.560. The molecule has 1 atom stereocenters. The highest BCUT2D eigenvalue weighted by atomic mass is 32.2. The Morgan fingerprint density at radius 2 is 1.86 bits per heavy atom. The van der Waals surface area contributed by atoms with Crippen molar-refractivity contribution in [2.75, 3.05) is 18.1 Å². The Morgan fingerprint density at radius 1 is 1.07 bits per heavy atom. The average molecular weight is 217 g/mol. The molecule has 0 aromatic carbocycles. The van der Waals surface area contributed by atoms with Gasteiger partial charge in [-0.15, -0.1) is 0 Å². The van der Waals surface area contributed by atoms with Gasteiger partial charge in [0.25, 0.3) is 0 Å². The third-order valence-electron chi connectivity index (χ3n) is 2.43. The van der Waals surface area contributed by atoms with Gasteiger partial charge >= 0.3 is 0 Å². The summed E-state index contributed by atoms with van der Waals surface area (Å²) in [5.41, 5.74) is 0. The number of hydrogen-bond acceptors (Lipinski definition) is 2. The molecule has 0 aromatic heterocycles. The minimum absolute atomic E-state index is 0.775. The summed E-state index contributed by atoms with van der Waals surface area (Å²) in [7, 11) is 0. The predicted octanol–water partition coefficient (Wildman–Crippen LogP) is 3.69. The summed E-state index contributed by atoms with van der Waals surface area (Å²) in [5, 5.41) is 3.57. The van der Waals surface area contributed by atoms with E-state index in [2.05, 4.69) is 37.8 Å². The molecule has 0 bridgehead atoms. The molecule has 0 rings (SSSR count). The van der Waals surface area contributed by atoms with Crippen molar-refractivity contribution in [3.63, 3.8) is 0 Å². The summed E-state index contributed by atoms with van der Waals surface area (Å²) in [6.45, 7) is 7.84. The largest absolute Gasteiger partial charge is 0.314 e. The van der Waals surface area contributed by atoms with Crippen molar-refractivity contribution in [2.45, 2.75) is 58.9 Å². The van der Waals surface area contributed by atoms with Gasteiger partial charge in [0.1, 0.15) is 0 Å². The first-order valence-corrected chi connectivity index (χ1v) is 7.31. The molecule has 0 spiro atoms. The maximum absolute atomic E-state index is 3.57. The van der Waals surface area contributed by atoms with E-state index in [0.717, 1.165) is 12.6 Å². The molecule has 1 N–H and O–H groups in total. The van der Waals surface area contributed by atoms with Gasteiger partial charge in [0.2, 0.25) is 0 Å². The number of unbranched alkanes of at least 4 members (excludes halogenated alkanes) is 1. The minimum Gasteiger partial charge on any atom is -0.314 e. The number of thioether (sulfide) groups is 1. The summed E-state index contributed by atoms with van der Waals surface area (Å²) in [4.78, 5) is 0. The van der Waals surface area contributed by atoms with Crippen LogP contribution in [0.25, 0.3) is 0 Å². The maximum atomic E-state index is 3.57. The lowest BCUT2D eigenvalue weighted by Crippen LogP contribution is -2.28. The lowest BCUT2D eigenvalue weighted by atomic mass is 10.1. The zero-order valence-electron chi connectivity index (χ0n) is 10.1. The fraction of sp³-hybridized carbons (Fsp3) is 1.00. The van der Waals surface area contributed by atoms with Crippen LogP contribution in [0.4, 0.5) is 0 Å². The van der Waals surface area contributed by atoms with Crippen molar-refractivity contribution >= 4 is 11.8 Å². The van der Waals surface area contributed by atoms with Crippen LogP contribution in [0.1, 0.15) is 52.9 Å². The second kappa shape index (κ2) is 11.4. The smallest absolute Gasteiger partial charge is 0.00668 e. The topological polar surface area (TPSA) is 12.0 Å². The Hall–Kier alpha value is 0.310. The van der Waals surface area contributed by atoms with Crippen LogP contribution in [0.5, 0.6) is 0 Å². The molecule has 0 amide bonds. The summed E-state index contributed by atoms with van der Waals surface area (Å²) >= 11 is 2.07. The van der Waals surface area contributed by atoms with Gasteiger partial charge in [-0.05, 0) is 37.3 Å². The zero-order chi connectivity index (χ0) is 10.6. The van der Waals surface area contributed by atoms with E-state index in [9.17, 15) is 0 Å². The highest BCUT2D eigenvalue weighted by Gasteiger charge is 2.04. The van der Waals surface area contributed by atoms with Gasteiger partial charge in [-0.2, -0.15) is 11.8 Å². The van der Waals surface area contributed by atoms with E-state index < -0.39 is 0 Å². The Bertz CT molecular complexity index is 100. The molecule has 0 aromatic rings. The predicted molar refractivity (Wildman–Crippen MR) is 69.2 cm³/mol. The van der Waals surface area contributed by atoms with Gasteiger partial charge in [-0.1, -0.05) is 33.6 Å². The molecule has 2 heteroatoms. The Kier molecular flexibility index (Phi) is 11.6. The van der Waals surface area contributed by atoms with E-state index in [1.54, 1.807) is 0 Å². The van der Waals surface area contributed by atoms with Gasteiger partial charge in [0, 0.05) is 6.04 Å². The lowest BCUT2D eigenvalue weighted by molar-refractivity contribution is 0.446. The van der Waals surface area contributed by atoms with Crippen LogP contribution in [0.3, 0.4) is 0 Å². The van der Waals surface area contributed by atoms with E-state index in [4.69, 9.17) is 0 Å². The molecule has 0 radical (unpaired) electrons. The number of rotatable bonds is 10. The summed E-state index contributed by atoms with van der Waals surface area (Å²) in [5.74, 6) is 2.62. The molecule has 0 aliphatic rings. The van der Waals surface area contributed by atoms with Crippen molar-refractivity contribution in [2.24, 2.45) is 0 Å². The van der Waals surface area contributed by atoms with Crippen LogP contribution in [0.2, 0.25) is 0 Å². The third-order valence-corrected chi connectivity index (χ3v) is 3.41. The van der Waals surface area contributed by atoms with E-state index >= 15 is 0 Å². The van der Waals surface area contributed by atoms with Crippen LogP contribution < -0.4 is 5.32 Å². The lowest BCUT2D eigenvalue weighted by Gasteiger charge is -2.16. The summed E-state index contributed by atoms with van der Waals surface area (Å²) < 4.78 is 0. The molecule has 0 heterocycles. The van der Waals surface area contributed by atoms with Gasteiger partial charge in [0.05, 0.1) is 0 Å². The van der Waals surface area contributed by atoms with Crippen molar-refractivity contribution in [3.05, 3.63) is 0 Å². The van der Waals surface area contributed by atoms with Gasteiger partial charge in [-0.3, -0.25) is 0 Å². The zero-order valence-corrected chi connectivity index (χ0v) is 11.0. The highest BCUT2D eigenvalue weighted by Crippen LogP contribution is 2.10. The van der Waals surface area contributed by atoms with Crippen LogP contribution in [-0.2, 0) is 0 Å². The monoisotopic (exact) mass is 217 g/mol. The van der Waals surface area contributed by atoms with E-state index in [0.29, 0.717) is 0 Å². The van der Waals surface area contributed by atoms with Gasteiger partial charge in [0.15, 0.2) is 0 Å². The van der Waals surface area contributed by atoms with E-state index in [-0.39, 0.29) is 0 Å². The Labute approximate surface area is 94.4 Å². The maximum Gasteiger partial charge on any atom is 0.00668 e. The van der Waals surface area contributed by atoms with Crippen LogP contribution in [0.15, 0.2) is 0 Å². The second-order valence-corrected chi connectivity index (χ2v) is 5.13. The Morgan fingerprint density at radius 3 is 2.43 bits per heavy atom. The normalized spacial score (nSPS) is 13.1. The highest BCUT2D eigenvalue weighted by molar-refractivity contribution is 7.99. The van der Waals surface area contributed by atoms with Crippen LogP contribution >= 0.6 is 11.8 Å². The molecule has 0 fully saturated rings. The first kappa shape index (κ1) is 14.3. The molecule has 1 nitrogen and oxygen atoms in total. The molecular weight excluding hydrogens is 190 g/mol. The first-order chi connectivity index (χ1) is 6.85. The number of nitrogens with one attached hydrogen (secondary N) is 1. The van der Waals surface area contributed by atoms with Crippen LogP contribution in [0, 0.1) is 0 Å². The minimum atomic E-state index is 0.775. The van der Waals surface area contributed by atoms with Gasteiger partial charge in [-0.25, -0.2) is 0 Å². The first-order valence-electron chi connectivity index (χ1n) is 6.16. The van der Waals surface area contributed by atoms with Crippen molar-refractivity contribution in [3.8, 4) is 0 Å². The Balaban J connectivity index is 3.30. The van der Waals surface area contributed by atoms with E-state index in [1.807, 2.05) is 0 Å². The van der Waals surface area contributed by atoms with E-state index in [1.165, 1.54) is 43.6 Å². The van der Waals surface area contributed by atoms with Crippen LogP contribution in [-0.4, -0.2) is 24.1 Å². The fourth-order valence-electron chi connectivity index (χ4n) is 1.72. The van der Waals surface area contributed by atoms with Gasteiger partial charge < -0.3 is 5.32 Å². The molecule has 0 saturated carbocycles. The molecule has 1 unspecified atom stereocenters. The van der Waals surface area contributed by atoms with Crippen molar-refractivity contribution in [1.82, 2.24) is 5.32 Å².